The van der Waals surface area contributed by atoms with Crippen LogP contribution < -0.4 is 5.73 Å². The van der Waals surface area contributed by atoms with Crippen LogP contribution in [0.4, 0.5) is 0 Å². The van der Waals surface area contributed by atoms with E-state index in [0.717, 1.165) is 83.5 Å². The summed E-state index contributed by atoms with van der Waals surface area (Å²) in [5.41, 5.74) is 5.33. The summed E-state index contributed by atoms with van der Waals surface area (Å²) in [6.07, 6.45) is 43.6. The average molecular weight is 736 g/mol. The first-order valence-electron chi connectivity index (χ1n) is 19.4. The van der Waals surface area contributed by atoms with Crippen molar-refractivity contribution in [3.8, 4) is 0 Å². The average Bonchev–Trinajstić information content (AvgIpc) is 3.11. The number of allylic oxidation sites excluding steroid dienone is 12. The Morgan fingerprint density at radius 3 is 1.65 bits per heavy atom. The molecule has 0 spiro atoms. The number of phosphoric acid groups is 1. The molecular formula is C41H70NO8P. The molecule has 0 fully saturated rings. The summed E-state index contributed by atoms with van der Waals surface area (Å²) in [6, 6.07) is 0. The second kappa shape index (κ2) is 37.2. The summed E-state index contributed by atoms with van der Waals surface area (Å²) in [4.78, 5) is 34.7. The van der Waals surface area contributed by atoms with E-state index in [1.807, 2.05) is 0 Å². The van der Waals surface area contributed by atoms with Gasteiger partial charge in [-0.05, 0) is 83.5 Å². The van der Waals surface area contributed by atoms with Crippen molar-refractivity contribution < 1.29 is 37.6 Å². The van der Waals surface area contributed by atoms with Crippen LogP contribution in [0.3, 0.4) is 0 Å². The third-order valence-corrected chi connectivity index (χ3v) is 8.56. The van der Waals surface area contributed by atoms with Crippen molar-refractivity contribution in [2.75, 3.05) is 26.4 Å². The van der Waals surface area contributed by atoms with Crippen LogP contribution in [0.25, 0.3) is 0 Å². The highest BCUT2D eigenvalue weighted by Crippen LogP contribution is 2.43. The summed E-state index contributed by atoms with van der Waals surface area (Å²) in [7, 11) is -4.39. The van der Waals surface area contributed by atoms with E-state index >= 15 is 0 Å². The van der Waals surface area contributed by atoms with E-state index in [2.05, 4.69) is 86.8 Å². The molecule has 0 aromatic rings. The lowest BCUT2D eigenvalue weighted by atomic mass is 10.1. The lowest BCUT2D eigenvalue weighted by molar-refractivity contribution is -0.161. The number of hydrogen-bond acceptors (Lipinski definition) is 8. The maximum Gasteiger partial charge on any atom is 0.472 e. The monoisotopic (exact) mass is 735 g/mol. The summed E-state index contributed by atoms with van der Waals surface area (Å²) in [5, 5.41) is 0. The van der Waals surface area contributed by atoms with Crippen LogP contribution in [-0.4, -0.2) is 49.3 Å². The van der Waals surface area contributed by atoms with Crippen LogP contribution in [-0.2, 0) is 32.7 Å². The summed E-state index contributed by atoms with van der Waals surface area (Å²) in [5.74, 6) is -0.902. The minimum atomic E-state index is -4.39. The van der Waals surface area contributed by atoms with Crippen molar-refractivity contribution in [1.29, 1.82) is 0 Å². The summed E-state index contributed by atoms with van der Waals surface area (Å²) < 4.78 is 32.6. The zero-order valence-electron chi connectivity index (χ0n) is 31.8. The van der Waals surface area contributed by atoms with E-state index in [1.54, 1.807) is 0 Å². The first-order valence-corrected chi connectivity index (χ1v) is 20.9. The van der Waals surface area contributed by atoms with Gasteiger partial charge in [0.05, 0.1) is 13.2 Å². The predicted octanol–water partition coefficient (Wildman–Crippen LogP) is 10.7. The Morgan fingerprint density at radius 2 is 1.08 bits per heavy atom. The van der Waals surface area contributed by atoms with Crippen molar-refractivity contribution in [1.82, 2.24) is 0 Å². The van der Waals surface area contributed by atoms with Gasteiger partial charge in [0.2, 0.25) is 0 Å². The van der Waals surface area contributed by atoms with Gasteiger partial charge in [0.25, 0.3) is 0 Å². The van der Waals surface area contributed by atoms with E-state index in [1.165, 1.54) is 19.3 Å². The van der Waals surface area contributed by atoms with E-state index < -0.39 is 32.5 Å². The number of ether oxygens (including phenoxy) is 2. The normalized spacial score (nSPS) is 14.2. The smallest absolute Gasteiger partial charge is 0.462 e. The Balaban J connectivity index is 4.33. The molecule has 9 nitrogen and oxygen atoms in total. The van der Waals surface area contributed by atoms with Crippen molar-refractivity contribution >= 4 is 19.8 Å². The number of rotatable bonds is 35. The minimum Gasteiger partial charge on any atom is -0.462 e. The van der Waals surface area contributed by atoms with Gasteiger partial charge < -0.3 is 20.1 Å². The number of carbonyl (C=O) groups is 2. The molecule has 3 N–H and O–H groups in total. The van der Waals surface area contributed by atoms with Crippen molar-refractivity contribution in [2.45, 2.75) is 148 Å². The summed E-state index contributed by atoms with van der Waals surface area (Å²) in [6.45, 7) is 3.49. The maximum absolute atomic E-state index is 12.5. The molecule has 1 unspecified atom stereocenters. The Bertz CT molecular complexity index is 1070. The predicted molar refractivity (Wildman–Crippen MR) is 210 cm³/mol. The standard InChI is InChI=1S/C41H70NO8P/c1-3-5-7-9-11-13-15-17-19-21-23-25-27-29-31-33-40(43)47-37-39(38-49-51(45,46)48-36-35-42)50-41(44)34-32-30-28-26-24-22-20-18-16-14-12-10-8-6-4-2/h6,8,11-14,17-20,23,25,39H,3-5,7,9-10,15-16,21-22,24,26-38,42H2,1-2H3,(H,45,46)/b8-6-,13-11-,14-12-,19-17-,20-18-,25-23-/t39-/m1/s1. The number of carbonyl (C=O) groups excluding carboxylic acids is 2. The van der Waals surface area contributed by atoms with E-state index in [0.29, 0.717) is 12.8 Å². The third-order valence-electron chi connectivity index (χ3n) is 7.58. The van der Waals surface area contributed by atoms with Crippen LogP contribution in [0.2, 0.25) is 0 Å². The van der Waals surface area contributed by atoms with Crippen LogP contribution in [0, 0.1) is 0 Å². The molecule has 0 aliphatic carbocycles. The maximum atomic E-state index is 12.5. The molecule has 10 heteroatoms. The zero-order valence-corrected chi connectivity index (χ0v) is 32.7. The van der Waals surface area contributed by atoms with Crippen molar-refractivity contribution in [2.24, 2.45) is 5.73 Å². The van der Waals surface area contributed by atoms with Gasteiger partial charge in [-0.1, -0.05) is 119 Å². The Morgan fingerprint density at radius 1 is 0.608 bits per heavy atom. The fourth-order valence-corrected chi connectivity index (χ4v) is 5.48. The number of hydrogen-bond donors (Lipinski definition) is 2. The third kappa shape index (κ3) is 37.0. The molecule has 2 atom stereocenters. The van der Waals surface area contributed by atoms with Crippen LogP contribution in [0.5, 0.6) is 0 Å². The van der Waals surface area contributed by atoms with Gasteiger partial charge in [-0.2, -0.15) is 0 Å². The lowest BCUT2D eigenvalue weighted by Gasteiger charge is -2.19. The Hall–Kier alpha value is -2.55. The Labute approximate surface area is 310 Å². The molecule has 51 heavy (non-hydrogen) atoms. The molecule has 0 heterocycles. The fraction of sp³-hybridized carbons (Fsp3) is 0.659. The largest absolute Gasteiger partial charge is 0.472 e. The van der Waals surface area contributed by atoms with Gasteiger partial charge in [0.15, 0.2) is 6.10 Å². The van der Waals surface area contributed by atoms with Gasteiger partial charge in [0.1, 0.15) is 6.61 Å². The molecular weight excluding hydrogens is 665 g/mol. The fourth-order valence-electron chi connectivity index (χ4n) is 4.71. The molecule has 292 valence electrons. The summed E-state index contributed by atoms with van der Waals surface area (Å²) >= 11 is 0. The SMILES string of the molecule is CC/C=C\C/C=C\C/C=C\CCCCCCCC(=O)O[C@H](COC(=O)CCCC/C=C\C/C=C\C/C=C\CCCCC)COP(=O)(O)OCCN. The number of unbranched alkanes of at least 4 members (excludes halogenated alkanes) is 10. The van der Waals surface area contributed by atoms with E-state index in [4.69, 9.17) is 24.3 Å². The van der Waals surface area contributed by atoms with Gasteiger partial charge in [-0.3, -0.25) is 18.6 Å². The first-order chi connectivity index (χ1) is 24.8. The van der Waals surface area contributed by atoms with Crippen LogP contribution in [0.1, 0.15) is 142 Å². The topological polar surface area (TPSA) is 134 Å². The molecule has 0 saturated carbocycles. The second-order valence-corrected chi connectivity index (χ2v) is 13.9. The van der Waals surface area contributed by atoms with E-state index in [-0.39, 0.29) is 32.6 Å². The molecule has 0 bridgehead atoms. The first kappa shape index (κ1) is 48.5. The highest BCUT2D eigenvalue weighted by Gasteiger charge is 2.25. The van der Waals surface area contributed by atoms with Gasteiger partial charge in [-0.25, -0.2) is 4.57 Å². The van der Waals surface area contributed by atoms with Gasteiger partial charge >= 0.3 is 19.8 Å². The van der Waals surface area contributed by atoms with Crippen LogP contribution in [0.15, 0.2) is 72.9 Å². The highest BCUT2D eigenvalue weighted by atomic mass is 31.2. The van der Waals surface area contributed by atoms with Crippen LogP contribution >= 0.6 is 7.82 Å². The number of esters is 2. The zero-order chi connectivity index (χ0) is 37.5. The number of phosphoric ester groups is 1. The molecule has 0 saturated heterocycles. The molecule has 0 radical (unpaired) electrons. The highest BCUT2D eigenvalue weighted by molar-refractivity contribution is 7.47. The second-order valence-electron chi connectivity index (χ2n) is 12.4. The molecule has 0 aromatic carbocycles. The molecule has 0 aromatic heterocycles. The van der Waals surface area contributed by atoms with Gasteiger partial charge in [-0.15, -0.1) is 0 Å². The van der Waals surface area contributed by atoms with Crippen molar-refractivity contribution in [3.63, 3.8) is 0 Å². The molecule has 0 aliphatic heterocycles. The molecule has 0 aliphatic rings. The number of nitrogens with two attached hydrogens (primary N) is 1. The van der Waals surface area contributed by atoms with Gasteiger partial charge in [0, 0.05) is 19.4 Å². The molecule has 0 amide bonds. The lowest BCUT2D eigenvalue weighted by Crippen LogP contribution is -2.29. The Kier molecular flexibility index (Phi) is 35.4. The minimum absolute atomic E-state index is 0.0413. The van der Waals surface area contributed by atoms with Crippen molar-refractivity contribution in [3.05, 3.63) is 72.9 Å². The quantitative estimate of drug-likeness (QED) is 0.0282. The molecule has 0 rings (SSSR count). The van der Waals surface area contributed by atoms with E-state index in [9.17, 15) is 19.0 Å².